The van der Waals surface area contributed by atoms with Crippen molar-refractivity contribution < 1.29 is 20.4 Å². The van der Waals surface area contributed by atoms with E-state index in [0.717, 1.165) is 0 Å². The molecule has 0 bridgehead atoms. The fraction of sp³-hybridized carbons (Fsp3) is 1.00. The van der Waals surface area contributed by atoms with Crippen LogP contribution in [0.5, 0.6) is 0 Å². The van der Waals surface area contributed by atoms with Crippen molar-refractivity contribution in [2.75, 3.05) is 0 Å². The van der Waals surface area contributed by atoms with Crippen molar-refractivity contribution in [1.29, 1.82) is 0 Å². The average Bonchev–Trinajstić information content (AvgIpc) is 1.97. The van der Waals surface area contributed by atoms with E-state index < -0.39 is 24.4 Å². The number of hydrogen-bond acceptors (Lipinski definition) is 4. The monoisotopic (exact) mass is 162 g/mol. The molecule has 1 aliphatic carbocycles. The van der Waals surface area contributed by atoms with Gasteiger partial charge in [0.25, 0.3) is 0 Å². The first-order valence-corrected chi connectivity index (χ1v) is 3.76. The molecule has 1 saturated carbocycles. The molecule has 0 radical (unpaired) electrons. The zero-order valence-corrected chi connectivity index (χ0v) is 6.38. The maximum Gasteiger partial charge on any atom is 0.108 e. The number of aliphatic hydroxyl groups excluding tert-OH is 4. The van der Waals surface area contributed by atoms with Crippen molar-refractivity contribution in [3.63, 3.8) is 0 Å². The van der Waals surface area contributed by atoms with Gasteiger partial charge in [0.1, 0.15) is 12.2 Å². The van der Waals surface area contributed by atoms with Crippen molar-refractivity contribution in [1.82, 2.24) is 0 Å². The predicted octanol–water partition coefficient (Wildman–Crippen LogP) is -1.53. The molecule has 0 aromatic rings. The molecule has 0 aromatic carbocycles. The summed E-state index contributed by atoms with van der Waals surface area (Å²) in [5.74, 6) is -0.164. The SMILES string of the molecule is C[C@H]1C[C@H](O)[C@H](O)[C@@H](O)[C@H]1O. The lowest BCUT2D eigenvalue weighted by Gasteiger charge is -2.36. The van der Waals surface area contributed by atoms with Crippen LogP contribution in [0.25, 0.3) is 0 Å². The van der Waals surface area contributed by atoms with Gasteiger partial charge in [-0.2, -0.15) is 0 Å². The Kier molecular flexibility index (Phi) is 2.49. The molecule has 5 atom stereocenters. The number of aliphatic hydroxyl groups is 4. The van der Waals surface area contributed by atoms with E-state index in [1.807, 2.05) is 0 Å². The molecule has 4 heteroatoms. The van der Waals surface area contributed by atoms with Gasteiger partial charge in [0.05, 0.1) is 12.2 Å². The second kappa shape index (κ2) is 3.06. The first-order valence-electron chi connectivity index (χ1n) is 3.76. The van der Waals surface area contributed by atoms with Crippen LogP contribution < -0.4 is 0 Å². The van der Waals surface area contributed by atoms with Gasteiger partial charge < -0.3 is 20.4 Å². The highest BCUT2D eigenvalue weighted by molar-refractivity contribution is 4.90. The molecule has 0 spiro atoms. The Bertz CT molecular complexity index is 124. The Labute approximate surface area is 65.1 Å². The minimum absolute atomic E-state index is 0.164. The molecule has 4 nitrogen and oxygen atoms in total. The summed E-state index contributed by atoms with van der Waals surface area (Å²) in [6, 6.07) is 0. The third kappa shape index (κ3) is 1.54. The minimum Gasteiger partial charge on any atom is -0.390 e. The highest BCUT2D eigenvalue weighted by Gasteiger charge is 2.39. The van der Waals surface area contributed by atoms with Crippen molar-refractivity contribution >= 4 is 0 Å². The Hall–Kier alpha value is -0.160. The third-order valence-corrected chi connectivity index (χ3v) is 2.29. The molecule has 0 heterocycles. The van der Waals surface area contributed by atoms with Crippen molar-refractivity contribution in [2.24, 2.45) is 5.92 Å². The van der Waals surface area contributed by atoms with Crippen molar-refractivity contribution in [3.05, 3.63) is 0 Å². The van der Waals surface area contributed by atoms with Crippen LogP contribution in [-0.4, -0.2) is 44.8 Å². The second-order valence-corrected chi connectivity index (χ2v) is 3.25. The summed E-state index contributed by atoms with van der Waals surface area (Å²) >= 11 is 0. The standard InChI is InChI=1S/C7H14O4/c1-3-2-4(8)6(10)7(11)5(3)9/h3-11H,2H2,1H3/t3-,4-,5-,6-,7-/m0/s1. The van der Waals surface area contributed by atoms with Gasteiger partial charge in [-0.25, -0.2) is 0 Å². The van der Waals surface area contributed by atoms with E-state index in [0.29, 0.717) is 6.42 Å². The molecular formula is C7H14O4. The van der Waals surface area contributed by atoms with Crippen LogP contribution in [0.2, 0.25) is 0 Å². The first kappa shape index (κ1) is 8.93. The molecule has 0 aliphatic heterocycles. The fourth-order valence-electron chi connectivity index (χ4n) is 1.43. The zero-order valence-electron chi connectivity index (χ0n) is 6.38. The van der Waals surface area contributed by atoms with Gasteiger partial charge in [-0.3, -0.25) is 0 Å². The van der Waals surface area contributed by atoms with Crippen LogP contribution in [0.15, 0.2) is 0 Å². The third-order valence-electron chi connectivity index (χ3n) is 2.29. The Morgan fingerprint density at radius 2 is 1.45 bits per heavy atom. The summed E-state index contributed by atoms with van der Waals surface area (Å²) in [7, 11) is 0. The molecule has 1 fully saturated rings. The van der Waals surface area contributed by atoms with E-state index in [4.69, 9.17) is 15.3 Å². The Morgan fingerprint density at radius 3 is 2.00 bits per heavy atom. The smallest absolute Gasteiger partial charge is 0.108 e. The summed E-state index contributed by atoms with van der Waals surface area (Å²) in [5, 5.41) is 36.5. The van der Waals surface area contributed by atoms with Gasteiger partial charge in [0.2, 0.25) is 0 Å². The lowest BCUT2D eigenvalue weighted by atomic mass is 9.82. The largest absolute Gasteiger partial charge is 0.390 e. The maximum absolute atomic E-state index is 9.21. The quantitative estimate of drug-likeness (QED) is 0.348. The van der Waals surface area contributed by atoms with Crippen LogP contribution in [0, 0.1) is 5.92 Å². The van der Waals surface area contributed by atoms with Crippen LogP contribution in [0.3, 0.4) is 0 Å². The molecule has 0 amide bonds. The lowest BCUT2D eigenvalue weighted by Crippen LogP contribution is -2.52. The fourth-order valence-corrected chi connectivity index (χ4v) is 1.43. The van der Waals surface area contributed by atoms with E-state index in [-0.39, 0.29) is 5.92 Å². The molecule has 1 rings (SSSR count). The molecule has 4 N–H and O–H groups in total. The summed E-state index contributed by atoms with van der Waals surface area (Å²) in [6.45, 7) is 1.73. The van der Waals surface area contributed by atoms with Gasteiger partial charge >= 0.3 is 0 Å². The van der Waals surface area contributed by atoms with Gasteiger partial charge in [-0.15, -0.1) is 0 Å². The number of rotatable bonds is 0. The predicted molar refractivity (Wildman–Crippen MR) is 37.8 cm³/mol. The molecule has 66 valence electrons. The van der Waals surface area contributed by atoms with E-state index in [1.54, 1.807) is 6.92 Å². The lowest BCUT2D eigenvalue weighted by molar-refractivity contribution is -0.154. The number of hydrogen-bond donors (Lipinski definition) is 4. The molecular weight excluding hydrogens is 148 g/mol. The Balaban J connectivity index is 2.63. The maximum atomic E-state index is 9.21. The molecule has 1 aliphatic rings. The molecule has 11 heavy (non-hydrogen) atoms. The van der Waals surface area contributed by atoms with E-state index in [9.17, 15) is 5.11 Å². The summed E-state index contributed by atoms with van der Waals surface area (Å²) in [5.41, 5.74) is 0. The highest BCUT2D eigenvalue weighted by Crippen LogP contribution is 2.24. The summed E-state index contributed by atoms with van der Waals surface area (Å²) < 4.78 is 0. The summed E-state index contributed by atoms with van der Waals surface area (Å²) in [6.07, 6.45) is -3.92. The Morgan fingerprint density at radius 1 is 0.909 bits per heavy atom. The first-order chi connectivity index (χ1) is 5.04. The van der Waals surface area contributed by atoms with Crippen LogP contribution in [-0.2, 0) is 0 Å². The van der Waals surface area contributed by atoms with Gasteiger partial charge in [0, 0.05) is 0 Å². The minimum atomic E-state index is -1.21. The zero-order chi connectivity index (χ0) is 8.59. The average molecular weight is 162 g/mol. The van der Waals surface area contributed by atoms with Gasteiger partial charge in [-0.05, 0) is 12.3 Å². The second-order valence-electron chi connectivity index (χ2n) is 3.25. The van der Waals surface area contributed by atoms with Crippen LogP contribution in [0.1, 0.15) is 13.3 Å². The van der Waals surface area contributed by atoms with E-state index in [2.05, 4.69) is 0 Å². The van der Waals surface area contributed by atoms with E-state index >= 15 is 0 Å². The van der Waals surface area contributed by atoms with E-state index in [1.165, 1.54) is 0 Å². The molecule has 0 aromatic heterocycles. The van der Waals surface area contributed by atoms with Crippen LogP contribution in [0.4, 0.5) is 0 Å². The highest BCUT2D eigenvalue weighted by atomic mass is 16.4. The van der Waals surface area contributed by atoms with Gasteiger partial charge in [0.15, 0.2) is 0 Å². The summed E-state index contributed by atoms with van der Waals surface area (Å²) in [4.78, 5) is 0. The topological polar surface area (TPSA) is 80.9 Å². The normalized spacial score (nSPS) is 52.6. The molecule has 0 saturated heterocycles. The van der Waals surface area contributed by atoms with Crippen molar-refractivity contribution in [2.45, 2.75) is 37.8 Å². The van der Waals surface area contributed by atoms with Crippen molar-refractivity contribution in [3.8, 4) is 0 Å². The molecule has 0 unspecified atom stereocenters. The van der Waals surface area contributed by atoms with Gasteiger partial charge in [-0.1, -0.05) is 6.92 Å². The van der Waals surface area contributed by atoms with Crippen LogP contribution >= 0.6 is 0 Å².